The molecular weight excluding hydrogens is 316 g/mol. The number of aromatic nitrogens is 2. The van der Waals surface area contributed by atoms with E-state index in [-0.39, 0.29) is 5.91 Å². The van der Waals surface area contributed by atoms with Gasteiger partial charge in [0.15, 0.2) is 0 Å². The molecule has 1 fully saturated rings. The predicted octanol–water partition coefficient (Wildman–Crippen LogP) is 2.16. The number of carbonyl (C=O) groups excluding carboxylic acids is 1. The maximum Gasteiger partial charge on any atom is 0.256 e. The second-order valence-corrected chi connectivity index (χ2v) is 6.58. The van der Waals surface area contributed by atoms with Crippen molar-refractivity contribution in [1.29, 1.82) is 0 Å². The number of hydrogen-bond acceptors (Lipinski definition) is 6. The topological polar surface area (TPSA) is 96.2 Å². The fraction of sp³-hybridized carbons (Fsp3) is 0.389. The van der Waals surface area contributed by atoms with E-state index in [4.69, 9.17) is 5.73 Å². The van der Waals surface area contributed by atoms with E-state index >= 15 is 0 Å². The van der Waals surface area contributed by atoms with Gasteiger partial charge >= 0.3 is 0 Å². The normalized spacial score (nSPS) is 13.7. The molecule has 1 saturated carbocycles. The van der Waals surface area contributed by atoms with E-state index in [1.165, 1.54) is 0 Å². The second-order valence-electron chi connectivity index (χ2n) is 6.58. The van der Waals surface area contributed by atoms with Crippen LogP contribution in [-0.2, 0) is 0 Å². The van der Waals surface area contributed by atoms with Crippen LogP contribution in [0.5, 0.6) is 0 Å². The third-order valence-corrected chi connectivity index (χ3v) is 4.00. The number of carbonyl (C=O) groups is 1. The Balaban J connectivity index is 1.73. The van der Waals surface area contributed by atoms with Crippen LogP contribution in [0.25, 0.3) is 0 Å². The van der Waals surface area contributed by atoms with Gasteiger partial charge in [-0.05, 0) is 51.2 Å². The van der Waals surface area contributed by atoms with Gasteiger partial charge in [0.25, 0.3) is 5.91 Å². The molecule has 0 atom stereocenters. The molecule has 1 aliphatic carbocycles. The van der Waals surface area contributed by atoms with E-state index in [9.17, 15) is 4.79 Å². The quantitative estimate of drug-likeness (QED) is 0.669. The van der Waals surface area contributed by atoms with E-state index in [0.29, 0.717) is 28.9 Å². The number of nitrogens with two attached hydrogens (primary N) is 1. The number of rotatable bonds is 7. The number of hydrogen-bond donors (Lipinski definition) is 3. The minimum absolute atomic E-state index is 0.209. The third kappa shape index (κ3) is 4.90. The first-order valence-electron chi connectivity index (χ1n) is 8.46. The summed E-state index contributed by atoms with van der Waals surface area (Å²) in [5.41, 5.74) is 7.82. The lowest BCUT2D eigenvalue weighted by Crippen LogP contribution is -2.22. The minimum atomic E-state index is -0.209. The fourth-order valence-electron chi connectivity index (χ4n) is 2.41. The molecule has 132 valence electrons. The van der Waals surface area contributed by atoms with Crippen LogP contribution in [-0.4, -0.2) is 48.0 Å². The van der Waals surface area contributed by atoms with Crippen LogP contribution in [0.15, 0.2) is 30.3 Å². The number of amides is 1. The molecule has 0 bridgehead atoms. The van der Waals surface area contributed by atoms with Crippen LogP contribution < -0.4 is 16.4 Å². The summed E-state index contributed by atoms with van der Waals surface area (Å²) in [5, 5.41) is 6.09. The first-order chi connectivity index (χ1) is 12.0. The van der Waals surface area contributed by atoms with Crippen molar-refractivity contribution < 1.29 is 4.79 Å². The molecule has 0 saturated heterocycles. The van der Waals surface area contributed by atoms with Crippen molar-refractivity contribution >= 4 is 23.4 Å². The van der Waals surface area contributed by atoms with Crippen LogP contribution in [0.3, 0.4) is 0 Å². The van der Waals surface area contributed by atoms with Gasteiger partial charge in [-0.15, -0.1) is 0 Å². The van der Waals surface area contributed by atoms with Crippen molar-refractivity contribution in [2.45, 2.75) is 18.8 Å². The first kappa shape index (κ1) is 17.2. The second kappa shape index (κ2) is 7.48. The van der Waals surface area contributed by atoms with Crippen molar-refractivity contribution in [2.75, 3.05) is 43.6 Å². The van der Waals surface area contributed by atoms with Crippen LogP contribution in [0.2, 0.25) is 0 Å². The van der Waals surface area contributed by atoms with Crippen molar-refractivity contribution in [3.05, 3.63) is 41.6 Å². The molecule has 1 aromatic heterocycles. The summed E-state index contributed by atoms with van der Waals surface area (Å²) < 4.78 is 0. The first-order valence-corrected chi connectivity index (χ1v) is 8.46. The summed E-state index contributed by atoms with van der Waals surface area (Å²) in [6.45, 7) is 1.62. The molecular formula is C18H24N6O. The van der Waals surface area contributed by atoms with Crippen LogP contribution >= 0.6 is 0 Å². The Bertz CT molecular complexity index is 740. The van der Waals surface area contributed by atoms with Gasteiger partial charge in [0.05, 0.1) is 5.69 Å². The van der Waals surface area contributed by atoms with Crippen molar-refractivity contribution in [3.8, 4) is 0 Å². The number of nitrogen functional groups attached to an aromatic ring is 1. The highest BCUT2D eigenvalue weighted by atomic mass is 16.1. The summed E-state index contributed by atoms with van der Waals surface area (Å²) in [6.07, 6.45) is 2.28. The molecule has 25 heavy (non-hydrogen) atoms. The molecule has 0 aliphatic heterocycles. The van der Waals surface area contributed by atoms with Crippen LogP contribution in [0.1, 0.15) is 34.8 Å². The van der Waals surface area contributed by atoms with E-state index in [1.807, 2.05) is 20.2 Å². The summed E-state index contributed by atoms with van der Waals surface area (Å²) in [6, 6.07) is 8.68. The standard InChI is InChI=1S/C18H24N6O/c1-24(2)10-9-20-18-21-15(12-3-4-12)11-16(23-18)22-17(25)13-5-7-14(19)8-6-13/h5-8,11-12H,3-4,9-10,19H2,1-2H3,(H2,20,21,22,23,25). The number of nitrogens with one attached hydrogen (secondary N) is 2. The van der Waals surface area contributed by atoms with Gasteiger partial charge in [-0.1, -0.05) is 0 Å². The van der Waals surface area contributed by atoms with E-state index < -0.39 is 0 Å². The van der Waals surface area contributed by atoms with Crippen LogP contribution in [0.4, 0.5) is 17.5 Å². The van der Waals surface area contributed by atoms with Crippen LogP contribution in [0, 0.1) is 0 Å². The average Bonchev–Trinajstić information content (AvgIpc) is 3.40. The summed E-state index contributed by atoms with van der Waals surface area (Å²) in [5.74, 6) is 1.34. The molecule has 3 rings (SSSR count). The maximum absolute atomic E-state index is 12.4. The number of nitrogens with zero attached hydrogens (tertiary/aromatic N) is 3. The zero-order chi connectivity index (χ0) is 17.8. The van der Waals surface area contributed by atoms with E-state index in [2.05, 4.69) is 25.5 Å². The van der Waals surface area contributed by atoms with E-state index in [1.54, 1.807) is 24.3 Å². The predicted molar refractivity (Wildman–Crippen MR) is 99.9 cm³/mol. The van der Waals surface area contributed by atoms with Gasteiger partial charge in [0, 0.05) is 36.3 Å². The molecule has 1 aliphatic rings. The molecule has 1 amide bonds. The third-order valence-electron chi connectivity index (χ3n) is 4.00. The van der Waals surface area contributed by atoms with Gasteiger partial charge in [-0.2, -0.15) is 4.98 Å². The number of benzene rings is 1. The highest BCUT2D eigenvalue weighted by Gasteiger charge is 2.26. The Morgan fingerprint density at radius 1 is 1.24 bits per heavy atom. The highest BCUT2D eigenvalue weighted by molar-refractivity contribution is 6.04. The van der Waals surface area contributed by atoms with Crippen molar-refractivity contribution in [2.24, 2.45) is 0 Å². The van der Waals surface area contributed by atoms with Gasteiger partial charge in [-0.25, -0.2) is 4.98 Å². The number of likely N-dealkylation sites (N-methyl/N-ethyl adjacent to an activating group) is 1. The SMILES string of the molecule is CN(C)CCNc1nc(NC(=O)c2ccc(N)cc2)cc(C2CC2)n1. The average molecular weight is 340 g/mol. The van der Waals surface area contributed by atoms with Gasteiger partial charge in [0.1, 0.15) is 5.82 Å². The number of anilines is 3. The molecule has 1 aromatic carbocycles. The largest absolute Gasteiger partial charge is 0.399 e. The smallest absolute Gasteiger partial charge is 0.256 e. The van der Waals surface area contributed by atoms with Gasteiger partial charge in [-0.3, -0.25) is 4.79 Å². The molecule has 0 unspecified atom stereocenters. The Kier molecular flexibility index (Phi) is 5.14. The lowest BCUT2D eigenvalue weighted by atomic mass is 10.2. The molecule has 4 N–H and O–H groups in total. The Morgan fingerprint density at radius 2 is 1.96 bits per heavy atom. The summed E-state index contributed by atoms with van der Waals surface area (Å²) in [7, 11) is 4.03. The summed E-state index contributed by atoms with van der Waals surface area (Å²) in [4.78, 5) is 23.5. The van der Waals surface area contributed by atoms with Gasteiger partial charge < -0.3 is 21.3 Å². The molecule has 0 spiro atoms. The maximum atomic E-state index is 12.4. The van der Waals surface area contributed by atoms with Crippen molar-refractivity contribution in [1.82, 2.24) is 14.9 Å². The molecule has 1 heterocycles. The molecule has 2 aromatic rings. The monoisotopic (exact) mass is 340 g/mol. The Hall–Kier alpha value is -2.67. The zero-order valence-corrected chi connectivity index (χ0v) is 14.6. The molecule has 7 nitrogen and oxygen atoms in total. The lowest BCUT2D eigenvalue weighted by molar-refractivity contribution is 0.102. The Morgan fingerprint density at radius 3 is 2.60 bits per heavy atom. The molecule has 0 radical (unpaired) electrons. The highest BCUT2D eigenvalue weighted by Crippen LogP contribution is 2.39. The van der Waals surface area contributed by atoms with Crippen molar-refractivity contribution in [3.63, 3.8) is 0 Å². The minimum Gasteiger partial charge on any atom is -0.399 e. The molecule has 7 heteroatoms. The summed E-state index contributed by atoms with van der Waals surface area (Å²) >= 11 is 0. The van der Waals surface area contributed by atoms with E-state index in [0.717, 1.165) is 31.6 Å². The lowest BCUT2D eigenvalue weighted by Gasteiger charge is -2.12. The van der Waals surface area contributed by atoms with Gasteiger partial charge in [0.2, 0.25) is 5.95 Å². The fourth-order valence-corrected chi connectivity index (χ4v) is 2.41. The zero-order valence-electron chi connectivity index (χ0n) is 14.6. The Labute approximate surface area is 147 Å².